The van der Waals surface area contributed by atoms with Crippen LogP contribution in [0.3, 0.4) is 0 Å². The number of anilines is 1. The van der Waals surface area contributed by atoms with Gasteiger partial charge in [-0.3, -0.25) is 9.78 Å². The SMILES string of the molecule is CCCOc1ccc(C(=O)Nc2ccncc2)cc1OCC. The van der Waals surface area contributed by atoms with E-state index >= 15 is 0 Å². The molecule has 0 bridgehead atoms. The van der Waals surface area contributed by atoms with Gasteiger partial charge in [-0.25, -0.2) is 0 Å². The first kappa shape index (κ1) is 15.8. The van der Waals surface area contributed by atoms with Crippen molar-refractivity contribution >= 4 is 11.6 Å². The second kappa shape index (κ2) is 8.02. The summed E-state index contributed by atoms with van der Waals surface area (Å²) >= 11 is 0. The highest BCUT2D eigenvalue weighted by atomic mass is 16.5. The molecule has 0 radical (unpaired) electrons. The molecule has 2 rings (SSSR count). The van der Waals surface area contributed by atoms with Crippen LogP contribution in [0, 0.1) is 0 Å². The first-order valence-corrected chi connectivity index (χ1v) is 7.35. The minimum absolute atomic E-state index is 0.200. The van der Waals surface area contributed by atoms with Gasteiger partial charge in [0.1, 0.15) is 0 Å². The number of rotatable bonds is 7. The van der Waals surface area contributed by atoms with Crippen LogP contribution in [0.2, 0.25) is 0 Å². The van der Waals surface area contributed by atoms with Gasteiger partial charge in [0, 0.05) is 23.6 Å². The van der Waals surface area contributed by atoms with Crippen molar-refractivity contribution in [2.24, 2.45) is 0 Å². The third-order valence-corrected chi connectivity index (χ3v) is 2.91. The zero-order valence-corrected chi connectivity index (χ0v) is 12.8. The maximum absolute atomic E-state index is 12.3. The zero-order chi connectivity index (χ0) is 15.8. The van der Waals surface area contributed by atoms with Crippen molar-refractivity contribution in [3.8, 4) is 11.5 Å². The summed E-state index contributed by atoms with van der Waals surface area (Å²) in [7, 11) is 0. The molecule has 1 aromatic heterocycles. The first-order valence-electron chi connectivity index (χ1n) is 7.35. The Morgan fingerprint density at radius 1 is 1.09 bits per heavy atom. The molecule has 116 valence electrons. The van der Waals surface area contributed by atoms with Crippen LogP contribution in [0.4, 0.5) is 5.69 Å². The summed E-state index contributed by atoms with van der Waals surface area (Å²) in [5, 5.41) is 2.81. The number of hydrogen-bond donors (Lipinski definition) is 1. The van der Waals surface area contributed by atoms with Crippen LogP contribution in [0.25, 0.3) is 0 Å². The van der Waals surface area contributed by atoms with Crippen LogP contribution in [-0.2, 0) is 0 Å². The molecule has 5 heteroatoms. The molecule has 1 heterocycles. The summed E-state index contributed by atoms with van der Waals surface area (Å²) in [4.78, 5) is 16.2. The highest BCUT2D eigenvalue weighted by molar-refractivity contribution is 6.04. The quantitative estimate of drug-likeness (QED) is 0.850. The van der Waals surface area contributed by atoms with E-state index in [2.05, 4.69) is 10.3 Å². The molecule has 0 spiro atoms. The van der Waals surface area contributed by atoms with Gasteiger partial charge in [0.2, 0.25) is 0 Å². The fourth-order valence-electron chi connectivity index (χ4n) is 1.89. The summed E-state index contributed by atoms with van der Waals surface area (Å²) in [6.07, 6.45) is 4.17. The Kier molecular flexibility index (Phi) is 5.77. The lowest BCUT2D eigenvalue weighted by molar-refractivity contribution is 0.102. The lowest BCUT2D eigenvalue weighted by Crippen LogP contribution is -2.12. The van der Waals surface area contributed by atoms with Gasteiger partial charge in [-0.1, -0.05) is 6.92 Å². The number of hydrogen-bond acceptors (Lipinski definition) is 4. The second-order valence-electron chi connectivity index (χ2n) is 4.63. The van der Waals surface area contributed by atoms with Crippen molar-refractivity contribution in [2.75, 3.05) is 18.5 Å². The van der Waals surface area contributed by atoms with Crippen LogP contribution >= 0.6 is 0 Å². The maximum atomic E-state index is 12.3. The number of nitrogens with one attached hydrogen (secondary N) is 1. The molecule has 0 atom stereocenters. The summed E-state index contributed by atoms with van der Waals surface area (Å²) in [6, 6.07) is 8.66. The fourth-order valence-corrected chi connectivity index (χ4v) is 1.89. The van der Waals surface area contributed by atoms with E-state index in [1.165, 1.54) is 0 Å². The average molecular weight is 300 g/mol. The normalized spacial score (nSPS) is 10.1. The van der Waals surface area contributed by atoms with Crippen molar-refractivity contribution in [2.45, 2.75) is 20.3 Å². The van der Waals surface area contributed by atoms with E-state index in [4.69, 9.17) is 9.47 Å². The molecule has 0 aliphatic rings. The molecular weight excluding hydrogens is 280 g/mol. The Hall–Kier alpha value is -2.56. The van der Waals surface area contributed by atoms with Crippen molar-refractivity contribution in [1.29, 1.82) is 0 Å². The number of nitrogens with zero attached hydrogens (tertiary/aromatic N) is 1. The number of ether oxygens (including phenoxy) is 2. The van der Waals surface area contributed by atoms with E-state index in [1.54, 1.807) is 42.7 Å². The number of carbonyl (C=O) groups is 1. The Labute approximate surface area is 130 Å². The monoisotopic (exact) mass is 300 g/mol. The van der Waals surface area contributed by atoms with Crippen LogP contribution in [0.15, 0.2) is 42.7 Å². The Morgan fingerprint density at radius 2 is 1.86 bits per heavy atom. The van der Waals surface area contributed by atoms with Crippen LogP contribution in [0.5, 0.6) is 11.5 Å². The Morgan fingerprint density at radius 3 is 2.55 bits per heavy atom. The van der Waals surface area contributed by atoms with Gasteiger partial charge in [0.25, 0.3) is 5.91 Å². The van der Waals surface area contributed by atoms with Crippen LogP contribution in [-0.4, -0.2) is 24.1 Å². The molecule has 2 aromatic rings. The first-order chi connectivity index (χ1) is 10.7. The number of aromatic nitrogens is 1. The van der Waals surface area contributed by atoms with E-state index in [0.29, 0.717) is 36.0 Å². The van der Waals surface area contributed by atoms with Gasteiger partial charge in [0.15, 0.2) is 11.5 Å². The number of pyridine rings is 1. The number of amides is 1. The van der Waals surface area contributed by atoms with E-state index in [9.17, 15) is 4.79 Å². The summed E-state index contributed by atoms with van der Waals surface area (Å²) in [5.74, 6) is 1.04. The Balaban J connectivity index is 2.16. The minimum Gasteiger partial charge on any atom is -0.490 e. The van der Waals surface area contributed by atoms with Crippen molar-refractivity contribution in [1.82, 2.24) is 4.98 Å². The predicted octanol–water partition coefficient (Wildman–Crippen LogP) is 3.52. The molecule has 0 aliphatic heterocycles. The van der Waals surface area contributed by atoms with E-state index < -0.39 is 0 Å². The standard InChI is InChI=1S/C17H20N2O3/c1-3-11-22-15-6-5-13(12-16(15)21-4-2)17(20)19-14-7-9-18-10-8-14/h5-10,12H,3-4,11H2,1-2H3,(H,18,19,20). The molecule has 5 nitrogen and oxygen atoms in total. The second-order valence-corrected chi connectivity index (χ2v) is 4.63. The molecule has 0 saturated carbocycles. The lowest BCUT2D eigenvalue weighted by Gasteiger charge is -2.13. The van der Waals surface area contributed by atoms with Crippen molar-refractivity contribution in [3.05, 3.63) is 48.3 Å². The molecule has 1 aromatic carbocycles. The molecule has 22 heavy (non-hydrogen) atoms. The highest BCUT2D eigenvalue weighted by Gasteiger charge is 2.12. The summed E-state index contributed by atoms with van der Waals surface area (Å²) in [5.41, 5.74) is 1.22. The average Bonchev–Trinajstić information content (AvgIpc) is 2.55. The van der Waals surface area contributed by atoms with Gasteiger partial charge in [-0.15, -0.1) is 0 Å². The zero-order valence-electron chi connectivity index (χ0n) is 12.8. The van der Waals surface area contributed by atoms with Gasteiger partial charge in [0.05, 0.1) is 13.2 Å². The van der Waals surface area contributed by atoms with Gasteiger partial charge in [-0.05, 0) is 43.7 Å². The smallest absolute Gasteiger partial charge is 0.255 e. The molecule has 0 fully saturated rings. The number of benzene rings is 1. The lowest BCUT2D eigenvalue weighted by atomic mass is 10.2. The van der Waals surface area contributed by atoms with Gasteiger partial charge < -0.3 is 14.8 Å². The van der Waals surface area contributed by atoms with Crippen LogP contribution in [0.1, 0.15) is 30.6 Å². The van der Waals surface area contributed by atoms with Gasteiger partial charge >= 0.3 is 0 Å². The minimum atomic E-state index is -0.200. The van der Waals surface area contributed by atoms with E-state index in [1.807, 2.05) is 13.8 Å². The van der Waals surface area contributed by atoms with Crippen molar-refractivity contribution in [3.63, 3.8) is 0 Å². The summed E-state index contributed by atoms with van der Waals surface area (Å²) in [6.45, 7) is 5.06. The topological polar surface area (TPSA) is 60.5 Å². The molecular formula is C17H20N2O3. The van der Waals surface area contributed by atoms with Crippen LogP contribution < -0.4 is 14.8 Å². The highest BCUT2D eigenvalue weighted by Crippen LogP contribution is 2.29. The third-order valence-electron chi connectivity index (χ3n) is 2.91. The molecule has 0 aliphatic carbocycles. The maximum Gasteiger partial charge on any atom is 0.255 e. The van der Waals surface area contributed by atoms with E-state index in [-0.39, 0.29) is 5.91 Å². The number of carbonyl (C=O) groups excluding carboxylic acids is 1. The van der Waals surface area contributed by atoms with Gasteiger partial charge in [-0.2, -0.15) is 0 Å². The molecule has 1 amide bonds. The fraction of sp³-hybridized carbons (Fsp3) is 0.294. The predicted molar refractivity (Wildman–Crippen MR) is 85.6 cm³/mol. The summed E-state index contributed by atoms with van der Waals surface area (Å²) < 4.78 is 11.2. The third kappa shape index (κ3) is 4.22. The largest absolute Gasteiger partial charge is 0.490 e. The Bertz CT molecular complexity index is 615. The molecule has 1 N–H and O–H groups in total. The molecule has 0 unspecified atom stereocenters. The van der Waals surface area contributed by atoms with Crippen molar-refractivity contribution < 1.29 is 14.3 Å². The van der Waals surface area contributed by atoms with E-state index in [0.717, 1.165) is 6.42 Å². The molecule has 0 saturated heterocycles.